The highest BCUT2D eigenvalue weighted by molar-refractivity contribution is 5.83. The van der Waals surface area contributed by atoms with Crippen LogP contribution in [0, 0.1) is 5.82 Å². The molecule has 142 valence electrons. The number of para-hydroxylation sites is 1. The van der Waals surface area contributed by atoms with Gasteiger partial charge in [0, 0.05) is 30.7 Å². The largest absolute Gasteiger partial charge is 0.350 e. The molecule has 1 saturated heterocycles. The Labute approximate surface area is 161 Å². The van der Waals surface area contributed by atoms with E-state index in [1.54, 1.807) is 6.07 Å². The fourth-order valence-corrected chi connectivity index (χ4v) is 4.05. The van der Waals surface area contributed by atoms with E-state index >= 15 is 0 Å². The van der Waals surface area contributed by atoms with Gasteiger partial charge in [-0.1, -0.05) is 23.4 Å². The van der Waals surface area contributed by atoms with Crippen molar-refractivity contribution in [2.45, 2.75) is 25.4 Å². The number of hydrogen-bond donors (Lipinski definition) is 0. The molecule has 1 aromatic carbocycles. The maximum Gasteiger partial charge on any atom is 0.244 e. The molecule has 6 nitrogen and oxygen atoms in total. The van der Waals surface area contributed by atoms with E-state index in [1.165, 1.54) is 22.5 Å². The van der Waals surface area contributed by atoms with Crippen molar-refractivity contribution in [3.8, 4) is 11.5 Å². The molecule has 4 aromatic rings. The molecule has 7 heteroatoms. The van der Waals surface area contributed by atoms with Gasteiger partial charge in [-0.15, -0.1) is 0 Å². The van der Waals surface area contributed by atoms with Crippen LogP contribution in [-0.4, -0.2) is 31.1 Å². The third-order valence-corrected chi connectivity index (χ3v) is 5.40. The minimum absolute atomic E-state index is 0.0840. The number of likely N-dealkylation sites (tertiary alicyclic amines) is 1. The number of nitrogens with zero attached hydrogens (tertiary/aromatic N) is 5. The zero-order chi connectivity index (χ0) is 19.1. The molecule has 1 unspecified atom stereocenters. The average molecular weight is 377 g/mol. The van der Waals surface area contributed by atoms with Crippen LogP contribution in [0.25, 0.3) is 22.4 Å². The molecular formula is C21H20FN5O. The first-order chi connectivity index (χ1) is 13.7. The molecule has 3 aromatic heterocycles. The first-order valence-corrected chi connectivity index (χ1v) is 9.41. The van der Waals surface area contributed by atoms with E-state index in [9.17, 15) is 4.39 Å². The minimum Gasteiger partial charge on any atom is -0.350 e. The third-order valence-electron chi connectivity index (χ3n) is 5.40. The van der Waals surface area contributed by atoms with Gasteiger partial charge in [-0.25, -0.2) is 9.37 Å². The van der Waals surface area contributed by atoms with Crippen LogP contribution in [0.5, 0.6) is 0 Å². The molecule has 0 bridgehead atoms. The summed E-state index contributed by atoms with van der Waals surface area (Å²) in [7, 11) is 2.08. The molecule has 1 atom stereocenters. The first kappa shape index (κ1) is 17.1. The first-order valence-electron chi connectivity index (χ1n) is 9.41. The molecule has 0 spiro atoms. The monoisotopic (exact) mass is 377 g/mol. The molecule has 1 aliphatic heterocycles. The minimum atomic E-state index is -0.385. The van der Waals surface area contributed by atoms with Crippen molar-refractivity contribution < 1.29 is 8.91 Å². The molecular weight excluding hydrogens is 357 g/mol. The van der Waals surface area contributed by atoms with Crippen LogP contribution < -0.4 is 0 Å². The summed E-state index contributed by atoms with van der Waals surface area (Å²) in [5, 5.41) is 5.33. The van der Waals surface area contributed by atoms with Gasteiger partial charge in [0.1, 0.15) is 11.5 Å². The summed E-state index contributed by atoms with van der Waals surface area (Å²) >= 11 is 0. The normalized spacial score (nSPS) is 17.6. The Hall–Kier alpha value is -3.06. The van der Waals surface area contributed by atoms with Gasteiger partial charge < -0.3 is 9.09 Å². The summed E-state index contributed by atoms with van der Waals surface area (Å²) in [6.45, 7) is 1.82. The van der Waals surface area contributed by atoms with Crippen molar-refractivity contribution in [1.82, 2.24) is 24.6 Å². The molecule has 28 heavy (non-hydrogen) atoms. The Balaban J connectivity index is 1.40. The highest BCUT2D eigenvalue weighted by Crippen LogP contribution is 2.34. The lowest BCUT2D eigenvalue weighted by molar-refractivity contribution is 0.201. The summed E-state index contributed by atoms with van der Waals surface area (Å²) in [5.74, 6) is 0.607. The Morgan fingerprint density at radius 3 is 2.96 bits per heavy atom. The number of fused-ring (bicyclic) bond motifs is 1. The van der Waals surface area contributed by atoms with E-state index in [4.69, 9.17) is 4.52 Å². The number of hydrogen-bond acceptors (Lipinski definition) is 5. The highest BCUT2D eigenvalue weighted by atomic mass is 19.1. The number of benzene rings is 1. The van der Waals surface area contributed by atoms with Gasteiger partial charge in [0.05, 0.1) is 12.2 Å². The predicted molar refractivity (Wildman–Crippen MR) is 103 cm³/mol. The Bertz CT molecular complexity index is 1120. The van der Waals surface area contributed by atoms with Gasteiger partial charge in [0.2, 0.25) is 11.7 Å². The lowest BCUT2D eigenvalue weighted by atomic mass is 10.1. The fraction of sp³-hybridized carbons (Fsp3) is 0.286. The van der Waals surface area contributed by atoms with Gasteiger partial charge >= 0.3 is 0 Å². The van der Waals surface area contributed by atoms with E-state index in [1.807, 2.05) is 0 Å². The van der Waals surface area contributed by atoms with E-state index in [2.05, 4.69) is 62.1 Å². The maximum absolute atomic E-state index is 13.1. The van der Waals surface area contributed by atoms with Gasteiger partial charge in [0.15, 0.2) is 0 Å². The van der Waals surface area contributed by atoms with E-state index in [-0.39, 0.29) is 11.9 Å². The van der Waals surface area contributed by atoms with Crippen molar-refractivity contribution in [3.05, 3.63) is 66.1 Å². The number of aromatic nitrogens is 4. The molecule has 1 fully saturated rings. The molecule has 4 heterocycles. The molecule has 0 radical (unpaired) electrons. The van der Waals surface area contributed by atoms with Crippen molar-refractivity contribution in [3.63, 3.8) is 0 Å². The summed E-state index contributed by atoms with van der Waals surface area (Å²) in [6, 6.07) is 11.4. The standard InChI is InChI=1S/C21H20FN5O/c1-26-12-14(16-5-2-3-6-18(16)26)13-27-10-4-7-19(27)21-24-20(25-28-21)17-9-8-15(22)11-23-17/h2-3,5-6,8-9,11-12,19H,4,7,10,13H2,1H3. The molecule has 0 saturated carbocycles. The van der Waals surface area contributed by atoms with Crippen LogP contribution in [0.4, 0.5) is 4.39 Å². The van der Waals surface area contributed by atoms with Crippen molar-refractivity contribution in [2.75, 3.05) is 6.54 Å². The van der Waals surface area contributed by atoms with Crippen LogP contribution in [0.2, 0.25) is 0 Å². The summed E-state index contributed by atoms with van der Waals surface area (Å²) in [5.41, 5.74) is 3.04. The molecule has 0 N–H and O–H groups in total. The highest BCUT2D eigenvalue weighted by Gasteiger charge is 2.31. The Morgan fingerprint density at radius 2 is 2.11 bits per heavy atom. The zero-order valence-electron chi connectivity index (χ0n) is 15.5. The Kier molecular flexibility index (Phi) is 4.16. The summed E-state index contributed by atoms with van der Waals surface area (Å²) < 4.78 is 20.8. The SMILES string of the molecule is Cn1cc(CN2CCCC2c2nc(-c3ccc(F)cn3)no2)c2ccccc21. The van der Waals surface area contributed by atoms with Gasteiger partial charge in [-0.3, -0.25) is 4.90 Å². The lowest BCUT2D eigenvalue weighted by Gasteiger charge is -2.21. The second kappa shape index (κ2) is 6.83. The quantitative estimate of drug-likeness (QED) is 0.536. The Morgan fingerprint density at radius 1 is 1.21 bits per heavy atom. The lowest BCUT2D eigenvalue weighted by Crippen LogP contribution is -2.22. The number of rotatable bonds is 4. The second-order valence-corrected chi connectivity index (χ2v) is 7.23. The van der Waals surface area contributed by atoms with Crippen LogP contribution in [0.3, 0.4) is 0 Å². The third kappa shape index (κ3) is 2.97. The number of aryl methyl sites for hydroxylation is 1. The van der Waals surface area contributed by atoms with Gasteiger partial charge in [-0.05, 0) is 43.1 Å². The van der Waals surface area contributed by atoms with Crippen molar-refractivity contribution >= 4 is 10.9 Å². The zero-order valence-corrected chi connectivity index (χ0v) is 15.5. The van der Waals surface area contributed by atoms with Gasteiger partial charge in [0.25, 0.3) is 0 Å². The van der Waals surface area contributed by atoms with Crippen LogP contribution in [-0.2, 0) is 13.6 Å². The van der Waals surface area contributed by atoms with Crippen molar-refractivity contribution in [1.29, 1.82) is 0 Å². The van der Waals surface area contributed by atoms with E-state index < -0.39 is 0 Å². The number of pyridine rings is 1. The molecule has 0 amide bonds. The summed E-state index contributed by atoms with van der Waals surface area (Å²) in [4.78, 5) is 11.0. The van der Waals surface area contributed by atoms with Crippen molar-refractivity contribution in [2.24, 2.45) is 7.05 Å². The van der Waals surface area contributed by atoms with E-state index in [0.717, 1.165) is 32.1 Å². The fourth-order valence-electron chi connectivity index (χ4n) is 4.05. The van der Waals surface area contributed by atoms with Crippen LogP contribution in [0.15, 0.2) is 53.3 Å². The molecule has 5 rings (SSSR count). The topological polar surface area (TPSA) is 60.0 Å². The van der Waals surface area contributed by atoms with E-state index in [0.29, 0.717) is 17.4 Å². The molecule has 0 aliphatic carbocycles. The maximum atomic E-state index is 13.1. The predicted octanol–water partition coefficient (Wildman–Crippen LogP) is 4.10. The average Bonchev–Trinajstić information content (AvgIpc) is 3.43. The smallest absolute Gasteiger partial charge is 0.244 e. The molecule has 1 aliphatic rings. The van der Waals surface area contributed by atoms with Gasteiger partial charge in [-0.2, -0.15) is 4.98 Å². The second-order valence-electron chi connectivity index (χ2n) is 7.23. The van der Waals surface area contributed by atoms with Crippen LogP contribution >= 0.6 is 0 Å². The van der Waals surface area contributed by atoms with Crippen LogP contribution in [0.1, 0.15) is 30.3 Å². The summed E-state index contributed by atoms with van der Waals surface area (Å²) in [6.07, 6.45) is 5.42. The number of halogens is 1.